The van der Waals surface area contributed by atoms with Crippen LogP contribution in [-0.4, -0.2) is 44.2 Å². The third kappa shape index (κ3) is 4.13. The second-order valence-corrected chi connectivity index (χ2v) is 5.16. The number of carbonyl (C=O) groups excluding carboxylic acids is 1. The molecule has 0 saturated carbocycles. The van der Waals surface area contributed by atoms with Crippen molar-refractivity contribution in [1.82, 2.24) is 4.90 Å². The Kier molecular flexibility index (Phi) is 5.24. The van der Waals surface area contributed by atoms with E-state index < -0.39 is 0 Å². The molecule has 5 heteroatoms. The lowest BCUT2D eigenvalue weighted by Gasteiger charge is -2.32. The number of anilines is 1. The van der Waals surface area contributed by atoms with Crippen LogP contribution in [0.2, 0.25) is 0 Å². The fourth-order valence-electron chi connectivity index (χ4n) is 2.50. The van der Waals surface area contributed by atoms with Gasteiger partial charge in [-0.2, -0.15) is 0 Å². The molecular formula is C15H22N2O3. The average molecular weight is 278 g/mol. The van der Waals surface area contributed by atoms with Gasteiger partial charge in [0.25, 0.3) is 5.91 Å². The Morgan fingerprint density at radius 2 is 2.35 bits per heavy atom. The predicted octanol–water partition coefficient (Wildman–Crippen LogP) is 1.53. The van der Waals surface area contributed by atoms with E-state index in [0.717, 1.165) is 25.9 Å². The zero-order chi connectivity index (χ0) is 14.4. The van der Waals surface area contributed by atoms with Gasteiger partial charge >= 0.3 is 0 Å². The first kappa shape index (κ1) is 14.7. The lowest BCUT2D eigenvalue weighted by molar-refractivity contribution is -0.135. The van der Waals surface area contributed by atoms with Gasteiger partial charge in [-0.3, -0.25) is 4.79 Å². The number of likely N-dealkylation sites (tertiary alicyclic amines) is 1. The van der Waals surface area contributed by atoms with Crippen molar-refractivity contribution in [2.24, 2.45) is 5.92 Å². The van der Waals surface area contributed by atoms with Crippen molar-refractivity contribution in [2.45, 2.75) is 12.8 Å². The van der Waals surface area contributed by atoms with Crippen molar-refractivity contribution in [2.75, 3.05) is 39.1 Å². The first-order valence-corrected chi connectivity index (χ1v) is 6.94. The Balaban J connectivity index is 1.82. The van der Waals surface area contributed by atoms with Crippen molar-refractivity contribution in [1.29, 1.82) is 0 Å². The summed E-state index contributed by atoms with van der Waals surface area (Å²) in [4.78, 5) is 14.0. The van der Waals surface area contributed by atoms with E-state index in [1.54, 1.807) is 25.3 Å². The highest BCUT2D eigenvalue weighted by molar-refractivity contribution is 5.77. The molecule has 1 aromatic rings. The summed E-state index contributed by atoms with van der Waals surface area (Å²) in [5, 5.41) is 0. The molecule has 5 nitrogen and oxygen atoms in total. The monoisotopic (exact) mass is 278 g/mol. The predicted molar refractivity (Wildman–Crippen MR) is 77.5 cm³/mol. The molecule has 0 aromatic heterocycles. The third-order valence-electron chi connectivity index (χ3n) is 3.49. The van der Waals surface area contributed by atoms with Crippen LogP contribution in [-0.2, 0) is 9.53 Å². The number of nitrogens with zero attached hydrogens (tertiary/aromatic N) is 1. The van der Waals surface area contributed by atoms with E-state index in [0.29, 0.717) is 24.0 Å². The lowest BCUT2D eigenvalue weighted by Crippen LogP contribution is -2.43. The van der Waals surface area contributed by atoms with E-state index in [4.69, 9.17) is 15.2 Å². The topological polar surface area (TPSA) is 64.8 Å². The van der Waals surface area contributed by atoms with E-state index >= 15 is 0 Å². The molecule has 1 fully saturated rings. The van der Waals surface area contributed by atoms with Crippen LogP contribution in [0.1, 0.15) is 12.8 Å². The lowest BCUT2D eigenvalue weighted by atomic mass is 9.99. The molecule has 1 heterocycles. The van der Waals surface area contributed by atoms with Crippen molar-refractivity contribution in [3.63, 3.8) is 0 Å². The Bertz CT molecular complexity index is 448. The molecule has 1 aliphatic heterocycles. The third-order valence-corrected chi connectivity index (χ3v) is 3.49. The van der Waals surface area contributed by atoms with Gasteiger partial charge in [0.2, 0.25) is 0 Å². The van der Waals surface area contributed by atoms with Crippen LogP contribution in [0.15, 0.2) is 24.3 Å². The van der Waals surface area contributed by atoms with Gasteiger partial charge in [0.1, 0.15) is 5.75 Å². The van der Waals surface area contributed by atoms with Crippen LogP contribution in [0.5, 0.6) is 5.75 Å². The molecule has 1 saturated heterocycles. The van der Waals surface area contributed by atoms with E-state index in [1.165, 1.54) is 0 Å². The number of methoxy groups -OCH3 is 1. The normalized spacial score (nSPS) is 18.9. The van der Waals surface area contributed by atoms with Gasteiger partial charge < -0.3 is 20.1 Å². The van der Waals surface area contributed by atoms with Crippen LogP contribution in [0.4, 0.5) is 5.69 Å². The zero-order valence-corrected chi connectivity index (χ0v) is 11.9. The van der Waals surface area contributed by atoms with Crippen molar-refractivity contribution >= 4 is 11.6 Å². The van der Waals surface area contributed by atoms with Crippen LogP contribution >= 0.6 is 0 Å². The number of hydrogen-bond donors (Lipinski definition) is 1. The Morgan fingerprint density at radius 3 is 3.10 bits per heavy atom. The maximum absolute atomic E-state index is 12.1. The fraction of sp³-hybridized carbons (Fsp3) is 0.533. The second-order valence-electron chi connectivity index (χ2n) is 5.16. The standard InChI is InChI=1S/C15H22N2O3/c1-19-10-12-4-3-7-17(9-12)15(18)11-20-14-6-2-5-13(16)8-14/h2,5-6,8,12H,3-4,7,9-11,16H2,1H3. The molecular weight excluding hydrogens is 256 g/mol. The molecule has 1 aliphatic rings. The van der Waals surface area contributed by atoms with Gasteiger partial charge in [-0.25, -0.2) is 0 Å². The first-order chi connectivity index (χ1) is 9.69. The van der Waals surface area contributed by atoms with E-state index in [2.05, 4.69) is 0 Å². The van der Waals surface area contributed by atoms with Gasteiger partial charge in [0.15, 0.2) is 6.61 Å². The minimum absolute atomic E-state index is 0.0215. The molecule has 2 N–H and O–H groups in total. The van der Waals surface area contributed by atoms with E-state index in [9.17, 15) is 4.79 Å². The quantitative estimate of drug-likeness (QED) is 0.830. The summed E-state index contributed by atoms with van der Waals surface area (Å²) in [5.74, 6) is 1.09. The zero-order valence-electron chi connectivity index (χ0n) is 11.9. The molecule has 0 bridgehead atoms. The Morgan fingerprint density at radius 1 is 1.50 bits per heavy atom. The fourth-order valence-corrected chi connectivity index (χ4v) is 2.50. The van der Waals surface area contributed by atoms with Crippen molar-refractivity contribution in [3.8, 4) is 5.75 Å². The number of hydrogen-bond acceptors (Lipinski definition) is 4. The molecule has 1 unspecified atom stereocenters. The molecule has 0 radical (unpaired) electrons. The molecule has 0 spiro atoms. The number of carbonyl (C=O) groups is 1. The van der Waals surface area contributed by atoms with Gasteiger partial charge in [-0.05, 0) is 30.9 Å². The SMILES string of the molecule is COCC1CCCN(C(=O)COc2cccc(N)c2)C1. The summed E-state index contributed by atoms with van der Waals surface area (Å²) < 4.78 is 10.7. The van der Waals surface area contributed by atoms with Gasteiger partial charge in [-0.15, -0.1) is 0 Å². The first-order valence-electron chi connectivity index (χ1n) is 6.94. The minimum Gasteiger partial charge on any atom is -0.484 e. The molecule has 20 heavy (non-hydrogen) atoms. The van der Waals surface area contributed by atoms with Crippen LogP contribution in [0, 0.1) is 5.92 Å². The van der Waals surface area contributed by atoms with Crippen LogP contribution in [0.25, 0.3) is 0 Å². The number of rotatable bonds is 5. The highest BCUT2D eigenvalue weighted by Crippen LogP contribution is 2.18. The maximum atomic E-state index is 12.1. The highest BCUT2D eigenvalue weighted by Gasteiger charge is 2.23. The number of nitrogen functional groups attached to an aromatic ring is 1. The van der Waals surface area contributed by atoms with Gasteiger partial charge in [-0.1, -0.05) is 6.07 Å². The molecule has 110 valence electrons. The smallest absolute Gasteiger partial charge is 0.260 e. The highest BCUT2D eigenvalue weighted by atomic mass is 16.5. The molecule has 0 aliphatic carbocycles. The molecule has 2 rings (SSSR count). The minimum atomic E-state index is 0.0215. The van der Waals surface area contributed by atoms with Crippen molar-refractivity contribution in [3.05, 3.63) is 24.3 Å². The summed E-state index contributed by atoms with van der Waals surface area (Å²) in [5.41, 5.74) is 6.30. The maximum Gasteiger partial charge on any atom is 0.260 e. The summed E-state index contributed by atoms with van der Waals surface area (Å²) in [6, 6.07) is 7.12. The Hall–Kier alpha value is -1.75. The molecule has 1 atom stereocenters. The molecule has 1 amide bonds. The number of piperidine rings is 1. The summed E-state index contributed by atoms with van der Waals surface area (Å²) in [6.45, 7) is 2.33. The van der Waals surface area contributed by atoms with Crippen LogP contribution < -0.4 is 10.5 Å². The van der Waals surface area contributed by atoms with Gasteiger partial charge in [0, 0.05) is 32.0 Å². The largest absolute Gasteiger partial charge is 0.484 e. The summed E-state index contributed by atoms with van der Waals surface area (Å²) >= 11 is 0. The Labute approximate surface area is 119 Å². The second kappa shape index (κ2) is 7.14. The van der Waals surface area contributed by atoms with Gasteiger partial charge in [0.05, 0.1) is 6.61 Å². The number of ether oxygens (including phenoxy) is 2. The van der Waals surface area contributed by atoms with Crippen molar-refractivity contribution < 1.29 is 14.3 Å². The summed E-state index contributed by atoms with van der Waals surface area (Å²) in [7, 11) is 1.70. The number of benzene rings is 1. The number of nitrogens with two attached hydrogens (primary N) is 1. The summed E-state index contributed by atoms with van der Waals surface area (Å²) in [6.07, 6.45) is 2.14. The number of amides is 1. The van der Waals surface area contributed by atoms with E-state index in [-0.39, 0.29) is 12.5 Å². The average Bonchev–Trinajstić information content (AvgIpc) is 2.45. The van der Waals surface area contributed by atoms with Crippen LogP contribution in [0.3, 0.4) is 0 Å². The van der Waals surface area contributed by atoms with E-state index in [1.807, 2.05) is 11.0 Å². The molecule has 1 aromatic carbocycles.